The van der Waals surface area contributed by atoms with E-state index in [9.17, 15) is 18.0 Å². The van der Waals surface area contributed by atoms with E-state index in [4.69, 9.17) is 0 Å². The van der Waals surface area contributed by atoms with E-state index >= 15 is 0 Å². The number of Topliss-reactive ketones (excluding diaryl/α,β-unsaturated/α-hetero) is 1. The zero-order valence-corrected chi connectivity index (χ0v) is 6.98. The number of hydrogen-bond donors (Lipinski definition) is 0. The minimum absolute atomic E-state index is 0.438. The van der Waals surface area contributed by atoms with Crippen LogP contribution >= 0.6 is 0 Å². The van der Waals surface area contributed by atoms with Crippen LogP contribution in [0.1, 0.15) is 6.92 Å². The lowest BCUT2D eigenvalue weighted by Gasteiger charge is -2.05. The third-order valence-corrected chi connectivity index (χ3v) is 1.15. The minimum Gasteiger partial charge on any atom is -0.293 e. The number of nitrogens with zero attached hydrogens (tertiary/aromatic N) is 1. The van der Waals surface area contributed by atoms with Gasteiger partial charge in [0.05, 0.1) is 5.70 Å². The summed E-state index contributed by atoms with van der Waals surface area (Å²) in [5.74, 6) is -0.608. The van der Waals surface area contributed by atoms with Crippen LogP contribution in [-0.2, 0) is 4.79 Å². The van der Waals surface area contributed by atoms with Crippen LogP contribution < -0.4 is 0 Å². The van der Waals surface area contributed by atoms with Crippen molar-refractivity contribution in [2.24, 2.45) is 4.99 Å². The van der Waals surface area contributed by atoms with Crippen LogP contribution in [0.4, 0.5) is 13.2 Å². The van der Waals surface area contributed by atoms with Crippen molar-refractivity contribution in [2.45, 2.75) is 13.1 Å². The number of carbonyl (C=O) groups excluding carboxylic acids is 1. The molecule has 0 aliphatic heterocycles. The standard InChI is InChI=1S/C8H8F3NO/c1-4-7(8(9,10)11)12-5(2)6(3)13/h4H,1-2H2,3H3. The molecule has 0 saturated heterocycles. The average molecular weight is 191 g/mol. The van der Waals surface area contributed by atoms with Gasteiger partial charge in [-0.3, -0.25) is 4.79 Å². The summed E-state index contributed by atoms with van der Waals surface area (Å²) in [6.45, 7) is 7.09. The van der Waals surface area contributed by atoms with Crippen molar-refractivity contribution in [2.75, 3.05) is 0 Å². The highest BCUT2D eigenvalue weighted by molar-refractivity contribution is 6.03. The van der Waals surface area contributed by atoms with Crippen molar-refractivity contribution in [3.05, 3.63) is 24.9 Å². The normalized spacial score (nSPS) is 12.5. The number of rotatable bonds is 3. The molecule has 0 aliphatic carbocycles. The number of ketones is 1. The Kier molecular flexibility index (Phi) is 3.59. The fraction of sp³-hybridized carbons (Fsp3) is 0.250. The molecular formula is C8H8F3NO. The molecule has 0 atom stereocenters. The van der Waals surface area contributed by atoms with Crippen molar-refractivity contribution in [3.63, 3.8) is 0 Å². The highest BCUT2D eigenvalue weighted by Crippen LogP contribution is 2.19. The third-order valence-electron chi connectivity index (χ3n) is 1.15. The molecule has 0 aromatic carbocycles. The molecule has 0 aromatic heterocycles. The van der Waals surface area contributed by atoms with Crippen LogP contribution in [0.2, 0.25) is 0 Å². The van der Waals surface area contributed by atoms with Crippen LogP contribution in [0.5, 0.6) is 0 Å². The average Bonchev–Trinajstić information content (AvgIpc) is 1.96. The van der Waals surface area contributed by atoms with Gasteiger partial charge in [0.15, 0.2) is 5.78 Å². The van der Waals surface area contributed by atoms with E-state index in [1.807, 2.05) is 0 Å². The first kappa shape index (κ1) is 11.6. The Balaban J connectivity index is 4.89. The summed E-state index contributed by atoms with van der Waals surface area (Å²) in [6, 6.07) is 0. The summed E-state index contributed by atoms with van der Waals surface area (Å²) in [5, 5.41) is 0. The number of halogens is 3. The molecule has 0 radical (unpaired) electrons. The van der Waals surface area contributed by atoms with Gasteiger partial charge in [0, 0.05) is 6.92 Å². The largest absolute Gasteiger partial charge is 0.433 e. The first-order chi connectivity index (χ1) is 5.79. The molecule has 5 heteroatoms. The second kappa shape index (κ2) is 4.02. The van der Waals surface area contributed by atoms with Crippen molar-refractivity contribution in [1.29, 1.82) is 0 Å². The Morgan fingerprint density at radius 3 is 2.15 bits per heavy atom. The first-order valence-electron chi connectivity index (χ1n) is 3.27. The summed E-state index contributed by atoms with van der Waals surface area (Å²) < 4.78 is 36.0. The Hall–Kier alpha value is -1.39. The maximum absolute atomic E-state index is 12.0. The predicted octanol–water partition coefficient (Wildman–Crippen LogP) is 2.28. The molecule has 0 heterocycles. The van der Waals surface area contributed by atoms with E-state index in [-0.39, 0.29) is 0 Å². The van der Waals surface area contributed by atoms with Gasteiger partial charge in [-0.25, -0.2) is 4.99 Å². The van der Waals surface area contributed by atoms with Crippen molar-refractivity contribution >= 4 is 11.5 Å². The minimum atomic E-state index is -4.60. The number of aliphatic imine (C=N–C) groups is 1. The van der Waals surface area contributed by atoms with E-state index in [1.54, 1.807) is 0 Å². The molecule has 0 aromatic rings. The van der Waals surface area contributed by atoms with Crippen molar-refractivity contribution in [3.8, 4) is 0 Å². The lowest BCUT2D eigenvalue weighted by molar-refractivity contribution is -0.113. The monoisotopic (exact) mass is 191 g/mol. The molecular weight excluding hydrogens is 183 g/mol. The molecule has 0 N–H and O–H groups in total. The maximum atomic E-state index is 12.0. The van der Waals surface area contributed by atoms with Gasteiger partial charge >= 0.3 is 6.18 Å². The lowest BCUT2D eigenvalue weighted by Crippen LogP contribution is -2.21. The molecule has 0 spiro atoms. The summed E-state index contributed by atoms with van der Waals surface area (Å²) in [6.07, 6.45) is -4.06. The van der Waals surface area contributed by atoms with E-state index in [0.717, 1.165) is 6.92 Å². The Bertz CT molecular complexity index is 276. The van der Waals surface area contributed by atoms with Crippen LogP contribution in [0.15, 0.2) is 29.9 Å². The molecule has 0 saturated carbocycles. The Morgan fingerprint density at radius 1 is 1.46 bits per heavy atom. The van der Waals surface area contributed by atoms with Gasteiger partial charge in [-0.15, -0.1) is 0 Å². The smallest absolute Gasteiger partial charge is 0.293 e. The van der Waals surface area contributed by atoms with Crippen LogP contribution in [-0.4, -0.2) is 17.7 Å². The second-order valence-corrected chi connectivity index (χ2v) is 2.20. The molecule has 0 rings (SSSR count). The number of hydrogen-bond acceptors (Lipinski definition) is 2. The van der Waals surface area contributed by atoms with Crippen LogP contribution in [0.25, 0.3) is 0 Å². The Morgan fingerprint density at radius 2 is 1.92 bits per heavy atom. The highest BCUT2D eigenvalue weighted by Gasteiger charge is 2.33. The molecule has 0 aliphatic rings. The number of allylic oxidation sites excluding steroid dienone is 2. The maximum Gasteiger partial charge on any atom is 0.433 e. The highest BCUT2D eigenvalue weighted by atomic mass is 19.4. The van der Waals surface area contributed by atoms with Gasteiger partial charge in [-0.05, 0) is 6.08 Å². The summed E-state index contributed by atoms with van der Waals surface area (Å²) in [4.78, 5) is 13.5. The van der Waals surface area contributed by atoms with Gasteiger partial charge in [-0.1, -0.05) is 13.2 Å². The first-order valence-corrected chi connectivity index (χ1v) is 3.27. The molecule has 0 bridgehead atoms. The molecule has 0 unspecified atom stereocenters. The van der Waals surface area contributed by atoms with Crippen LogP contribution in [0.3, 0.4) is 0 Å². The molecule has 13 heavy (non-hydrogen) atoms. The fourth-order valence-electron chi connectivity index (χ4n) is 0.449. The molecule has 72 valence electrons. The van der Waals surface area contributed by atoms with Gasteiger partial charge in [-0.2, -0.15) is 13.2 Å². The quantitative estimate of drug-likeness (QED) is 0.497. The third kappa shape index (κ3) is 3.68. The van der Waals surface area contributed by atoms with Gasteiger partial charge in [0.2, 0.25) is 0 Å². The van der Waals surface area contributed by atoms with Gasteiger partial charge in [0.1, 0.15) is 5.71 Å². The van der Waals surface area contributed by atoms with Crippen molar-refractivity contribution < 1.29 is 18.0 Å². The van der Waals surface area contributed by atoms with E-state index in [0.29, 0.717) is 6.08 Å². The predicted molar refractivity (Wildman–Crippen MR) is 43.5 cm³/mol. The molecule has 0 amide bonds. The fourth-order valence-corrected chi connectivity index (χ4v) is 0.449. The van der Waals surface area contributed by atoms with Crippen molar-refractivity contribution in [1.82, 2.24) is 0 Å². The summed E-state index contributed by atoms with van der Waals surface area (Å²) in [5.41, 5.74) is -1.65. The zero-order valence-electron chi connectivity index (χ0n) is 6.98. The van der Waals surface area contributed by atoms with E-state index in [1.165, 1.54) is 0 Å². The topological polar surface area (TPSA) is 29.4 Å². The number of carbonyl (C=O) groups is 1. The SMILES string of the molecule is C=CC(=NC(=C)C(C)=O)C(F)(F)F. The lowest BCUT2D eigenvalue weighted by atomic mass is 10.3. The van der Waals surface area contributed by atoms with E-state index < -0.39 is 23.4 Å². The van der Waals surface area contributed by atoms with E-state index in [2.05, 4.69) is 18.2 Å². The number of alkyl halides is 3. The summed E-state index contributed by atoms with van der Waals surface area (Å²) >= 11 is 0. The molecule has 0 fully saturated rings. The Labute approximate surface area is 73.5 Å². The zero-order chi connectivity index (χ0) is 10.6. The summed E-state index contributed by atoms with van der Waals surface area (Å²) in [7, 11) is 0. The van der Waals surface area contributed by atoms with Gasteiger partial charge in [0.25, 0.3) is 0 Å². The second-order valence-electron chi connectivity index (χ2n) is 2.20. The van der Waals surface area contributed by atoms with Gasteiger partial charge < -0.3 is 0 Å². The van der Waals surface area contributed by atoms with Crippen LogP contribution in [0, 0.1) is 0 Å². The molecule has 2 nitrogen and oxygen atoms in total.